The van der Waals surface area contributed by atoms with Gasteiger partial charge >= 0.3 is 0 Å². The third-order valence-electron chi connectivity index (χ3n) is 2.89. The van der Waals surface area contributed by atoms with Gasteiger partial charge in [0.05, 0.1) is 5.69 Å². The van der Waals surface area contributed by atoms with Gasteiger partial charge in [-0.15, -0.1) is 5.10 Å². The number of benzene rings is 2. The van der Waals surface area contributed by atoms with Gasteiger partial charge in [0.25, 0.3) is 0 Å². The lowest BCUT2D eigenvalue weighted by Crippen LogP contribution is -2.00. The fourth-order valence-corrected chi connectivity index (χ4v) is 2.65. The van der Waals surface area contributed by atoms with E-state index in [4.69, 9.17) is 5.73 Å². The van der Waals surface area contributed by atoms with E-state index in [0.717, 1.165) is 21.3 Å². The van der Waals surface area contributed by atoms with E-state index in [-0.39, 0.29) is 0 Å². The van der Waals surface area contributed by atoms with Crippen LogP contribution in [0.2, 0.25) is 0 Å². The highest BCUT2D eigenvalue weighted by Gasteiger charge is 2.11. The number of nitrogens with two attached hydrogens (primary N) is 1. The van der Waals surface area contributed by atoms with Crippen molar-refractivity contribution < 1.29 is 0 Å². The molecule has 3 aromatic rings. The molecule has 0 aliphatic heterocycles. The number of hydrogen-bond donors (Lipinski definition) is 1. The van der Waals surface area contributed by atoms with Crippen LogP contribution in [-0.4, -0.2) is 20.2 Å². The Bertz CT molecular complexity index is 746. The quantitative estimate of drug-likeness (QED) is 0.734. The van der Waals surface area contributed by atoms with Crippen molar-refractivity contribution in [1.29, 1.82) is 0 Å². The Morgan fingerprint density at radius 2 is 2.00 bits per heavy atom. The summed E-state index contributed by atoms with van der Waals surface area (Å²) in [6, 6.07) is 13.5. The van der Waals surface area contributed by atoms with Gasteiger partial charge in [-0.3, -0.25) is 0 Å². The molecule has 3 rings (SSSR count). The lowest BCUT2D eigenvalue weighted by molar-refractivity contribution is 0.790. The average Bonchev–Trinajstić information content (AvgIpc) is 2.86. The van der Waals surface area contributed by atoms with E-state index < -0.39 is 0 Å². The number of hydrogen-bond acceptors (Lipinski definition) is 4. The fraction of sp³-hybridized carbons (Fsp3) is 0.0714. The van der Waals surface area contributed by atoms with Gasteiger partial charge in [-0.25, -0.2) is 0 Å². The van der Waals surface area contributed by atoms with Crippen molar-refractivity contribution in [3.8, 4) is 17.1 Å². The van der Waals surface area contributed by atoms with E-state index in [1.807, 2.05) is 49.4 Å². The predicted molar refractivity (Wildman–Crippen MR) is 81.4 cm³/mol. The van der Waals surface area contributed by atoms with E-state index in [1.165, 1.54) is 0 Å². The van der Waals surface area contributed by atoms with Crippen molar-refractivity contribution in [1.82, 2.24) is 20.2 Å². The Labute approximate surface area is 124 Å². The molecular weight excluding hydrogens is 318 g/mol. The summed E-state index contributed by atoms with van der Waals surface area (Å²) < 4.78 is 2.69. The average molecular weight is 330 g/mol. The van der Waals surface area contributed by atoms with Gasteiger partial charge in [-0.05, 0) is 53.2 Å². The number of aromatic nitrogens is 4. The number of nitrogen functional groups attached to an aromatic ring is 1. The van der Waals surface area contributed by atoms with E-state index in [9.17, 15) is 0 Å². The molecule has 1 heterocycles. The molecule has 0 amide bonds. The van der Waals surface area contributed by atoms with Crippen LogP contribution >= 0.6 is 15.9 Å². The van der Waals surface area contributed by atoms with Gasteiger partial charge < -0.3 is 5.73 Å². The molecule has 1 aromatic heterocycles. The minimum Gasteiger partial charge on any atom is -0.399 e. The maximum atomic E-state index is 5.82. The molecule has 0 aliphatic carbocycles. The first-order valence-corrected chi connectivity index (χ1v) is 6.84. The third-order valence-corrected chi connectivity index (χ3v) is 3.34. The second kappa shape index (κ2) is 5.05. The van der Waals surface area contributed by atoms with Crippen LogP contribution in [0, 0.1) is 6.92 Å². The van der Waals surface area contributed by atoms with Gasteiger partial charge in [0.15, 0.2) is 5.82 Å². The molecule has 20 heavy (non-hydrogen) atoms. The van der Waals surface area contributed by atoms with Crippen LogP contribution in [-0.2, 0) is 0 Å². The second-order valence-corrected chi connectivity index (χ2v) is 5.44. The Morgan fingerprint density at radius 3 is 2.75 bits per heavy atom. The molecule has 0 unspecified atom stereocenters. The van der Waals surface area contributed by atoms with Crippen LogP contribution < -0.4 is 5.73 Å². The Kier molecular flexibility index (Phi) is 3.23. The number of anilines is 1. The highest BCUT2D eigenvalue weighted by Crippen LogP contribution is 2.24. The Morgan fingerprint density at radius 1 is 1.15 bits per heavy atom. The van der Waals surface area contributed by atoms with Crippen molar-refractivity contribution in [2.75, 3.05) is 5.73 Å². The molecule has 0 atom stereocenters. The lowest BCUT2D eigenvalue weighted by atomic mass is 10.2. The zero-order valence-corrected chi connectivity index (χ0v) is 12.4. The molecule has 0 saturated carbocycles. The first-order chi connectivity index (χ1) is 9.63. The molecule has 0 spiro atoms. The van der Waals surface area contributed by atoms with Gasteiger partial charge in [-0.2, -0.15) is 4.68 Å². The van der Waals surface area contributed by atoms with E-state index in [2.05, 4.69) is 31.5 Å². The smallest absolute Gasteiger partial charge is 0.187 e. The summed E-state index contributed by atoms with van der Waals surface area (Å²) >= 11 is 3.49. The lowest BCUT2D eigenvalue weighted by Gasteiger charge is -2.07. The highest BCUT2D eigenvalue weighted by molar-refractivity contribution is 9.10. The molecular formula is C14H12BrN5. The van der Waals surface area contributed by atoms with Crippen LogP contribution in [0.1, 0.15) is 5.56 Å². The van der Waals surface area contributed by atoms with Crippen molar-refractivity contribution in [2.24, 2.45) is 0 Å². The maximum Gasteiger partial charge on any atom is 0.187 e. The van der Waals surface area contributed by atoms with Gasteiger partial charge in [-0.1, -0.05) is 28.1 Å². The molecule has 6 heteroatoms. The van der Waals surface area contributed by atoms with Gasteiger partial charge in [0.1, 0.15) is 0 Å². The largest absolute Gasteiger partial charge is 0.399 e. The summed E-state index contributed by atoms with van der Waals surface area (Å²) in [7, 11) is 0. The molecule has 5 nitrogen and oxygen atoms in total. The summed E-state index contributed by atoms with van der Waals surface area (Å²) in [6.45, 7) is 2.03. The monoisotopic (exact) mass is 329 g/mol. The maximum absolute atomic E-state index is 5.82. The zero-order valence-electron chi connectivity index (χ0n) is 10.8. The standard InChI is InChI=1S/C14H12BrN5/c1-9-5-11(15)8-13(6-9)20-14(17-18-19-20)10-3-2-4-12(16)7-10/h2-8H,16H2,1H3. The minimum atomic E-state index is 0.662. The first-order valence-electron chi connectivity index (χ1n) is 6.05. The normalized spacial score (nSPS) is 10.7. The Balaban J connectivity index is 2.15. The van der Waals surface area contributed by atoms with Crippen LogP contribution in [0.5, 0.6) is 0 Å². The Hall–Kier alpha value is -2.21. The van der Waals surface area contributed by atoms with Crippen molar-refractivity contribution in [3.63, 3.8) is 0 Å². The van der Waals surface area contributed by atoms with Crippen LogP contribution in [0.25, 0.3) is 17.1 Å². The zero-order chi connectivity index (χ0) is 14.1. The molecule has 0 bridgehead atoms. The number of aryl methyl sites for hydroxylation is 1. The fourth-order valence-electron chi connectivity index (χ4n) is 2.06. The van der Waals surface area contributed by atoms with Crippen molar-refractivity contribution in [2.45, 2.75) is 6.92 Å². The summed E-state index contributed by atoms with van der Waals surface area (Å²) in [6.07, 6.45) is 0. The molecule has 2 N–H and O–H groups in total. The number of halogens is 1. The van der Waals surface area contributed by atoms with Crippen LogP contribution in [0.4, 0.5) is 5.69 Å². The molecule has 2 aromatic carbocycles. The summed E-state index contributed by atoms with van der Waals surface area (Å²) in [5.74, 6) is 0.662. The minimum absolute atomic E-state index is 0.662. The summed E-state index contributed by atoms with van der Waals surface area (Å²) in [5.41, 5.74) is 9.41. The predicted octanol–water partition coefficient (Wildman–Crippen LogP) is 2.98. The van der Waals surface area contributed by atoms with E-state index in [0.29, 0.717) is 11.5 Å². The summed E-state index contributed by atoms with van der Waals surface area (Å²) in [4.78, 5) is 0. The van der Waals surface area contributed by atoms with Crippen molar-refractivity contribution in [3.05, 3.63) is 52.5 Å². The number of tetrazole rings is 1. The van der Waals surface area contributed by atoms with Gasteiger partial charge in [0.2, 0.25) is 0 Å². The SMILES string of the molecule is Cc1cc(Br)cc(-n2nnnc2-c2cccc(N)c2)c1. The molecule has 0 aliphatic rings. The van der Waals surface area contributed by atoms with E-state index >= 15 is 0 Å². The molecule has 100 valence electrons. The number of nitrogens with zero attached hydrogens (tertiary/aromatic N) is 4. The summed E-state index contributed by atoms with van der Waals surface area (Å²) in [5, 5.41) is 11.9. The first kappa shape index (κ1) is 12.8. The molecule has 0 saturated heterocycles. The van der Waals surface area contributed by atoms with Gasteiger partial charge in [0, 0.05) is 15.7 Å². The van der Waals surface area contributed by atoms with Crippen LogP contribution in [0.3, 0.4) is 0 Å². The van der Waals surface area contributed by atoms with Crippen molar-refractivity contribution >= 4 is 21.6 Å². The molecule has 0 radical (unpaired) electrons. The van der Waals surface area contributed by atoms with Crippen LogP contribution in [0.15, 0.2) is 46.9 Å². The third kappa shape index (κ3) is 2.42. The second-order valence-electron chi connectivity index (χ2n) is 4.53. The number of rotatable bonds is 2. The molecule has 0 fully saturated rings. The van der Waals surface area contributed by atoms with E-state index in [1.54, 1.807) is 4.68 Å². The highest BCUT2D eigenvalue weighted by atomic mass is 79.9. The topological polar surface area (TPSA) is 69.6 Å².